The van der Waals surface area contributed by atoms with Gasteiger partial charge in [-0.3, -0.25) is 19.8 Å². The number of ether oxygens (including phenoxy) is 3. The number of nitrogens with zero attached hydrogens (tertiary/aromatic N) is 1. The third-order valence-corrected chi connectivity index (χ3v) is 5.66. The van der Waals surface area contributed by atoms with Crippen molar-refractivity contribution in [2.45, 2.75) is 33.6 Å². The number of nitrogens with one attached hydrogen (secondary N) is 1. The number of carbonyl (C=O) groups excluding carboxylic acids is 3. The SMILES string of the molecule is COC1=C(c2ccc(CCC(=O)OCOC(=O)C(C)(C)C)cc2)C(=O)N(c2ccc(C(=N)N)cc2)C1. The predicted molar refractivity (Wildman–Crippen MR) is 135 cm³/mol. The molecule has 0 aromatic heterocycles. The van der Waals surface area contributed by atoms with Crippen LogP contribution in [0.15, 0.2) is 54.3 Å². The van der Waals surface area contributed by atoms with Crippen LogP contribution in [-0.2, 0) is 35.0 Å². The van der Waals surface area contributed by atoms with Gasteiger partial charge in [-0.1, -0.05) is 24.3 Å². The topological polar surface area (TPSA) is 132 Å². The Bertz CT molecular complexity index is 1180. The molecular formula is C27H31N3O6. The fraction of sp³-hybridized carbons (Fsp3) is 0.333. The number of anilines is 1. The summed E-state index contributed by atoms with van der Waals surface area (Å²) in [6, 6.07) is 14.2. The Morgan fingerprint density at radius 2 is 1.67 bits per heavy atom. The number of esters is 2. The van der Waals surface area contributed by atoms with Gasteiger partial charge in [-0.2, -0.15) is 0 Å². The second-order valence-corrected chi connectivity index (χ2v) is 9.37. The molecule has 3 N–H and O–H groups in total. The highest BCUT2D eigenvalue weighted by molar-refractivity contribution is 6.29. The summed E-state index contributed by atoms with van der Waals surface area (Å²) in [5.74, 6) is -0.588. The van der Waals surface area contributed by atoms with Gasteiger partial charge in [-0.05, 0) is 62.6 Å². The first kappa shape index (κ1) is 26.5. The molecular weight excluding hydrogens is 462 g/mol. The van der Waals surface area contributed by atoms with E-state index in [1.807, 2.05) is 24.3 Å². The number of hydrogen-bond acceptors (Lipinski definition) is 7. The van der Waals surface area contributed by atoms with Crippen molar-refractivity contribution >= 4 is 34.9 Å². The first-order valence-electron chi connectivity index (χ1n) is 11.5. The Balaban J connectivity index is 1.60. The minimum atomic E-state index is -0.663. The van der Waals surface area contributed by atoms with E-state index in [2.05, 4.69) is 0 Å². The molecule has 36 heavy (non-hydrogen) atoms. The van der Waals surface area contributed by atoms with Crippen LogP contribution in [0.1, 0.15) is 43.9 Å². The molecule has 0 atom stereocenters. The first-order valence-corrected chi connectivity index (χ1v) is 11.5. The van der Waals surface area contributed by atoms with Crippen LogP contribution in [-0.4, -0.2) is 44.1 Å². The van der Waals surface area contributed by atoms with Gasteiger partial charge in [0, 0.05) is 17.7 Å². The van der Waals surface area contributed by atoms with Crippen molar-refractivity contribution in [3.63, 3.8) is 0 Å². The normalized spacial score (nSPS) is 13.6. The minimum Gasteiger partial charge on any atom is -0.498 e. The molecule has 2 aromatic carbocycles. The maximum absolute atomic E-state index is 13.2. The van der Waals surface area contributed by atoms with E-state index in [1.54, 1.807) is 49.9 Å². The molecule has 0 unspecified atom stereocenters. The number of nitrogens with two attached hydrogens (primary N) is 1. The largest absolute Gasteiger partial charge is 0.498 e. The molecule has 3 rings (SSSR count). The molecule has 190 valence electrons. The van der Waals surface area contributed by atoms with Crippen molar-refractivity contribution in [1.82, 2.24) is 0 Å². The fourth-order valence-electron chi connectivity index (χ4n) is 3.55. The zero-order chi connectivity index (χ0) is 26.5. The van der Waals surface area contributed by atoms with Crippen LogP contribution in [0.5, 0.6) is 0 Å². The van der Waals surface area contributed by atoms with Crippen molar-refractivity contribution in [2.24, 2.45) is 11.1 Å². The highest BCUT2D eigenvalue weighted by Crippen LogP contribution is 2.32. The monoisotopic (exact) mass is 493 g/mol. The van der Waals surface area contributed by atoms with Crippen LogP contribution >= 0.6 is 0 Å². The second kappa shape index (κ2) is 11.1. The van der Waals surface area contributed by atoms with Gasteiger partial charge in [0.05, 0.1) is 24.6 Å². The molecule has 0 bridgehead atoms. The zero-order valence-corrected chi connectivity index (χ0v) is 20.9. The average Bonchev–Trinajstić information content (AvgIpc) is 3.18. The number of amidine groups is 1. The van der Waals surface area contributed by atoms with Gasteiger partial charge in [-0.15, -0.1) is 0 Å². The molecule has 9 nitrogen and oxygen atoms in total. The van der Waals surface area contributed by atoms with Gasteiger partial charge in [-0.25, -0.2) is 0 Å². The highest BCUT2D eigenvalue weighted by Gasteiger charge is 2.33. The number of hydrogen-bond donors (Lipinski definition) is 2. The Hall–Kier alpha value is -4.14. The van der Waals surface area contributed by atoms with E-state index in [9.17, 15) is 14.4 Å². The van der Waals surface area contributed by atoms with E-state index >= 15 is 0 Å². The van der Waals surface area contributed by atoms with E-state index in [-0.39, 0.29) is 24.7 Å². The molecule has 0 fully saturated rings. The molecule has 0 spiro atoms. The molecule has 1 heterocycles. The van der Waals surface area contributed by atoms with Gasteiger partial charge in [0.1, 0.15) is 11.6 Å². The lowest BCUT2D eigenvalue weighted by Gasteiger charge is -2.17. The Morgan fingerprint density at radius 3 is 2.22 bits per heavy atom. The summed E-state index contributed by atoms with van der Waals surface area (Å²) in [5, 5.41) is 7.52. The summed E-state index contributed by atoms with van der Waals surface area (Å²) in [4.78, 5) is 38.5. The van der Waals surface area contributed by atoms with E-state index < -0.39 is 24.1 Å². The third-order valence-electron chi connectivity index (χ3n) is 5.66. The van der Waals surface area contributed by atoms with Crippen LogP contribution in [0.4, 0.5) is 5.69 Å². The number of rotatable bonds is 9. The fourth-order valence-corrected chi connectivity index (χ4v) is 3.55. The molecule has 0 saturated heterocycles. The summed E-state index contributed by atoms with van der Waals surface area (Å²) in [5.41, 5.74) is 8.18. The summed E-state index contributed by atoms with van der Waals surface area (Å²) >= 11 is 0. The maximum atomic E-state index is 13.2. The molecule has 1 amide bonds. The van der Waals surface area contributed by atoms with Crippen molar-refractivity contribution in [1.29, 1.82) is 5.41 Å². The lowest BCUT2D eigenvalue weighted by atomic mass is 9.98. The minimum absolute atomic E-state index is 0.0389. The van der Waals surface area contributed by atoms with Gasteiger partial charge in [0.25, 0.3) is 5.91 Å². The second-order valence-electron chi connectivity index (χ2n) is 9.37. The Labute approximate surface area is 210 Å². The highest BCUT2D eigenvalue weighted by atomic mass is 16.7. The average molecular weight is 494 g/mol. The van der Waals surface area contributed by atoms with E-state index in [4.69, 9.17) is 25.4 Å². The van der Waals surface area contributed by atoms with E-state index in [1.165, 1.54) is 7.11 Å². The maximum Gasteiger partial charge on any atom is 0.314 e. The van der Waals surface area contributed by atoms with Gasteiger partial charge < -0.3 is 24.8 Å². The van der Waals surface area contributed by atoms with Crippen LogP contribution < -0.4 is 10.6 Å². The predicted octanol–water partition coefficient (Wildman–Crippen LogP) is 3.40. The number of benzene rings is 2. The van der Waals surface area contributed by atoms with Crippen LogP contribution in [0.25, 0.3) is 5.57 Å². The Morgan fingerprint density at radius 1 is 1.03 bits per heavy atom. The first-order chi connectivity index (χ1) is 17.0. The van der Waals surface area contributed by atoms with Gasteiger partial charge >= 0.3 is 11.9 Å². The van der Waals surface area contributed by atoms with E-state index in [0.717, 1.165) is 5.56 Å². The Kier molecular flexibility index (Phi) is 8.14. The number of nitrogen functional groups attached to an aromatic ring is 1. The number of carbonyl (C=O) groups is 3. The standard InChI is InChI=1S/C27H31N3O6/c1-27(2,3)26(33)36-16-35-22(31)14-7-17-5-8-18(9-6-17)23-21(34-4)15-30(25(23)32)20-12-10-19(11-13-20)24(28)29/h5-6,8-13H,7,14-16H2,1-4H3,(H3,28,29). The lowest BCUT2D eigenvalue weighted by molar-refractivity contribution is -0.173. The van der Waals surface area contributed by atoms with Gasteiger partial charge in [0.15, 0.2) is 0 Å². The van der Waals surface area contributed by atoms with Crippen molar-refractivity contribution in [3.8, 4) is 0 Å². The lowest BCUT2D eigenvalue weighted by Crippen LogP contribution is -2.26. The van der Waals surface area contributed by atoms with Crippen LogP contribution in [0.2, 0.25) is 0 Å². The number of methoxy groups -OCH3 is 1. The molecule has 0 aliphatic carbocycles. The van der Waals surface area contributed by atoms with Crippen molar-refractivity contribution < 1.29 is 28.6 Å². The van der Waals surface area contributed by atoms with E-state index in [0.29, 0.717) is 34.6 Å². The molecule has 1 aliphatic heterocycles. The number of aryl methyl sites for hydroxylation is 1. The summed E-state index contributed by atoms with van der Waals surface area (Å²) < 4.78 is 15.4. The van der Waals surface area contributed by atoms with Crippen molar-refractivity contribution in [3.05, 3.63) is 71.0 Å². The van der Waals surface area contributed by atoms with Crippen LogP contribution in [0, 0.1) is 10.8 Å². The zero-order valence-electron chi connectivity index (χ0n) is 20.9. The summed E-state index contributed by atoms with van der Waals surface area (Å²) in [6.07, 6.45) is 0.562. The third kappa shape index (κ3) is 6.29. The molecule has 9 heteroatoms. The van der Waals surface area contributed by atoms with Crippen molar-refractivity contribution in [2.75, 3.05) is 25.3 Å². The number of amides is 1. The van der Waals surface area contributed by atoms with Crippen LogP contribution in [0.3, 0.4) is 0 Å². The summed E-state index contributed by atoms with van der Waals surface area (Å²) in [6.45, 7) is 5.04. The molecule has 0 radical (unpaired) electrons. The quantitative estimate of drug-likeness (QED) is 0.237. The smallest absolute Gasteiger partial charge is 0.314 e. The van der Waals surface area contributed by atoms with Gasteiger partial charge in [0.2, 0.25) is 6.79 Å². The molecule has 0 saturated carbocycles. The molecule has 1 aliphatic rings. The molecule has 2 aromatic rings. The summed E-state index contributed by atoms with van der Waals surface area (Å²) in [7, 11) is 1.53.